The minimum absolute atomic E-state index is 0.0495. The van der Waals surface area contributed by atoms with Crippen molar-refractivity contribution in [3.63, 3.8) is 0 Å². The Hall–Kier alpha value is -1.23. The third kappa shape index (κ3) is 4.63. The van der Waals surface area contributed by atoms with Crippen molar-refractivity contribution in [3.05, 3.63) is 24.0 Å². The molecular weight excluding hydrogens is 282 g/mol. The van der Waals surface area contributed by atoms with Crippen molar-refractivity contribution in [2.45, 2.75) is 38.4 Å². The van der Waals surface area contributed by atoms with Gasteiger partial charge in [0.15, 0.2) is 0 Å². The number of pyridine rings is 1. The van der Waals surface area contributed by atoms with Crippen molar-refractivity contribution >= 4 is 23.4 Å². The number of hydrogen-bond acceptors (Lipinski definition) is 4. The molecule has 1 aromatic rings. The van der Waals surface area contributed by atoms with Gasteiger partial charge in [-0.2, -0.15) is 11.8 Å². The first-order valence-electron chi connectivity index (χ1n) is 7.65. The van der Waals surface area contributed by atoms with Gasteiger partial charge < -0.3 is 10.2 Å². The predicted octanol–water partition coefficient (Wildman–Crippen LogP) is 3.26. The molecule has 4 nitrogen and oxygen atoms in total. The van der Waals surface area contributed by atoms with E-state index < -0.39 is 0 Å². The van der Waals surface area contributed by atoms with Gasteiger partial charge in [-0.1, -0.05) is 20.8 Å². The number of nitrogens with one attached hydrogen (secondary N) is 1. The Morgan fingerprint density at radius 3 is 3.05 bits per heavy atom. The monoisotopic (exact) mass is 307 g/mol. The Labute approximate surface area is 131 Å². The van der Waals surface area contributed by atoms with Gasteiger partial charge in [0.2, 0.25) is 0 Å². The molecule has 0 unspecified atom stereocenters. The molecule has 0 aliphatic carbocycles. The van der Waals surface area contributed by atoms with Crippen LogP contribution in [-0.4, -0.2) is 45.9 Å². The van der Waals surface area contributed by atoms with Crippen LogP contribution in [-0.2, 0) is 0 Å². The van der Waals surface area contributed by atoms with Gasteiger partial charge in [-0.3, -0.25) is 9.78 Å². The summed E-state index contributed by atoms with van der Waals surface area (Å²) in [5.41, 5.74) is 1.51. The summed E-state index contributed by atoms with van der Waals surface area (Å²) in [5, 5.41) is 3.30. The van der Waals surface area contributed by atoms with E-state index in [4.69, 9.17) is 0 Å². The number of rotatable bonds is 4. The molecule has 0 saturated carbocycles. The van der Waals surface area contributed by atoms with Crippen LogP contribution in [0.1, 0.15) is 44.1 Å². The van der Waals surface area contributed by atoms with E-state index in [1.54, 1.807) is 6.20 Å². The highest BCUT2D eigenvalue weighted by atomic mass is 32.2. The molecule has 2 heterocycles. The van der Waals surface area contributed by atoms with Gasteiger partial charge >= 0.3 is 0 Å². The number of nitrogens with zero attached hydrogens (tertiary/aromatic N) is 2. The third-order valence-electron chi connectivity index (χ3n) is 3.68. The normalized spacial score (nSPS) is 18.1. The van der Waals surface area contributed by atoms with Crippen LogP contribution in [0.4, 0.5) is 5.69 Å². The molecule has 0 spiro atoms. The summed E-state index contributed by atoms with van der Waals surface area (Å²) in [4.78, 5) is 18.8. The van der Waals surface area contributed by atoms with E-state index in [9.17, 15) is 4.79 Å². The van der Waals surface area contributed by atoms with Crippen LogP contribution >= 0.6 is 11.8 Å². The first kappa shape index (κ1) is 16.1. The van der Waals surface area contributed by atoms with Crippen LogP contribution in [0.15, 0.2) is 18.3 Å². The van der Waals surface area contributed by atoms with Gasteiger partial charge in [0.05, 0.1) is 0 Å². The van der Waals surface area contributed by atoms with Crippen LogP contribution in [0, 0.1) is 0 Å². The van der Waals surface area contributed by atoms with E-state index in [0.717, 1.165) is 43.9 Å². The lowest BCUT2D eigenvalue weighted by Crippen LogP contribution is -2.34. The summed E-state index contributed by atoms with van der Waals surface area (Å²) in [7, 11) is 0. The SMILES string of the molecule is CCCNc1ccnc(C(=O)N2CCSC(C)(C)CC2)c1. The number of thioether (sulfide) groups is 1. The van der Waals surface area contributed by atoms with Gasteiger partial charge in [-0.25, -0.2) is 0 Å². The fourth-order valence-corrected chi connectivity index (χ4v) is 3.41. The number of carbonyl (C=O) groups is 1. The first-order valence-corrected chi connectivity index (χ1v) is 8.63. The molecule has 1 amide bonds. The molecule has 0 bridgehead atoms. The molecule has 5 heteroatoms. The second-order valence-corrected chi connectivity index (χ2v) is 7.81. The van der Waals surface area contributed by atoms with E-state index >= 15 is 0 Å². The zero-order chi connectivity index (χ0) is 15.3. The van der Waals surface area contributed by atoms with Crippen LogP contribution < -0.4 is 5.32 Å². The van der Waals surface area contributed by atoms with E-state index in [0.29, 0.717) is 5.69 Å². The molecule has 1 aromatic heterocycles. The van der Waals surface area contributed by atoms with E-state index in [1.165, 1.54) is 0 Å². The molecule has 2 rings (SSSR count). The third-order valence-corrected chi connectivity index (χ3v) is 5.06. The van der Waals surface area contributed by atoms with Crippen molar-refractivity contribution in [2.75, 3.05) is 30.7 Å². The minimum atomic E-state index is 0.0495. The number of aromatic nitrogens is 1. The number of hydrogen-bond donors (Lipinski definition) is 1. The topological polar surface area (TPSA) is 45.2 Å². The van der Waals surface area contributed by atoms with E-state index in [1.807, 2.05) is 28.8 Å². The molecule has 116 valence electrons. The fourth-order valence-electron chi connectivity index (χ4n) is 2.31. The minimum Gasteiger partial charge on any atom is -0.385 e. The van der Waals surface area contributed by atoms with Crippen molar-refractivity contribution < 1.29 is 4.79 Å². The molecule has 1 N–H and O–H groups in total. The Bertz CT molecular complexity index is 490. The number of amides is 1. The van der Waals surface area contributed by atoms with Crippen LogP contribution in [0.5, 0.6) is 0 Å². The standard InChI is InChI=1S/C16H25N3OS/c1-4-7-17-13-5-8-18-14(12-13)15(20)19-9-6-16(2,3)21-11-10-19/h5,8,12H,4,6-7,9-11H2,1-3H3,(H,17,18). The van der Waals surface area contributed by atoms with Crippen molar-refractivity contribution in [1.29, 1.82) is 0 Å². The van der Waals surface area contributed by atoms with Crippen molar-refractivity contribution in [2.24, 2.45) is 0 Å². The molecule has 1 aliphatic rings. The molecule has 0 atom stereocenters. The lowest BCUT2D eigenvalue weighted by atomic mass is 10.1. The van der Waals surface area contributed by atoms with Gasteiger partial charge in [0.25, 0.3) is 5.91 Å². The maximum absolute atomic E-state index is 12.6. The fraction of sp³-hybridized carbons (Fsp3) is 0.625. The second-order valence-electron chi connectivity index (χ2n) is 6.01. The predicted molar refractivity (Wildman–Crippen MR) is 90.1 cm³/mol. The van der Waals surface area contributed by atoms with Gasteiger partial charge in [0, 0.05) is 42.0 Å². The molecule has 21 heavy (non-hydrogen) atoms. The Morgan fingerprint density at radius 2 is 2.29 bits per heavy atom. The Kier molecular flexibility index (Phi) is 5.51. The Balaban J connectivity index is 2.05. The molecule has 1 saturated heterocycles. The maximum Gasteiger partial charge on any atom is 0.272 e. The molecule has 1 fully saturated rings. The van der Waals surface area contributed by atoms with Crippen molar-refractivity contribution in [3.8, 4) is 0 Å². The van der Waals surface area contributed by atoms with Crippen LogP contribution in [0.25, 0.3) is 0 Å². The second kappa shape index (κ2) is 7.16. The van der Waals surface area contributed by atoms with Gasteiger partial charge in [0.1, 0.15) is 5.69 Å². The quantitative estimate of drug-likeness (QED) is 0.927. The average Bonchev–Trinajstić information content (AvgIpc) is 2.65. The zero-order valence-corrected chi connectivity index (χ0v) is 14.0. The number of anilines is 1. The summed E-state index contributed by atoms with van der Waals surface area (Å²) < 4.78 is 0.257. The first-order chi connectivity index (χ1) is 10.0. The highest BCUT2D eigenvalue weighted by Gasteiger charge is 2.26. The maximum atomic E-state index is 12.6. The summed E-state index contributed by atoms with van der Waals surface area (Å²) in [6, 6.07) is 3.77. The lowest BCUT2D eigenvalue weighted by molar-refractivity contribution is 0.0759. The highest BCUT2D eigenvalue weighted by Crippen LogP contribution is 2.31. The van der Waals surface area contributed by atoms with Crippen LogP contribution in [0.3, 0.4) is 0 Å². The summed E-state index contributed by atoms with van der Waals surface area (Å²) in [6.45, 7) is 9.15. The lowest BCUT2D eigenvalue weighted by Gasteiger charge is -2.22. The molecule has 0 aromatic carbocycles. The van der Waals surface area contributed by atoms with Crippen LogP contribution in [0.2, 0.25) is 0 Å². The molecule has 0 radical (unpaired) electrons. The average molecular weight is 307 g/mol. The van der Waals surface area contributed by atoms with Crippen molar-refractivity contribution in [1.82, 2.24) is 9.88 Å². The van der Waals surface area contributed by atoms with E-state index in [2.05, 4.69) is 31.1 Å². The Morgan fingerprint density at radius 1 is 1.48 bits per heavy atom. The molecule has 1 aliphatic heterocycles. The summed E-state index contributed by atoms with van der Waals surface area (Å²) in [6.07, 6.45) is 3.79. The molecular formula is C16H25N3OS. The number of carbonyl (C=O) groups excluding carboxylic acids is 1. The largest absolute Gasteiger partial charge is 0.385 e. The zero-order valence-electron chi connectivity index (χ0n) is 13.2. The summed E-state index contributed by atoms with van der Waals surface area (Å²) in [5.74, 6) is 1.04. The van der Waals surface area contributed by atoms with Gasteiger partial charge in [-0.15, -0.1) is 0 Å². The van der Waals surface area contributed by atoms with Gasteiger partial charge in [-0.05, 0) is 25.0 Å². The smallest absolute Gasteiger partial charge is 0.272 e. The summed E-state index contributed by atoms with van der Waals surface area (Å²) >= 11 is 1.95. The van der Waals surface area contributed by atoms with E-state index in [-0.39, 0.29) is 10.7 Å². The highest BCUT2D eigenvalue weighted by molar-refractivity contribution is 8.00.